The molecule has 0 aromatic carbocycles. The SMILES string of the molecule is [B][C@@]12CS[C@H](CCCCC=O)[C@]1([B])NC(=O)N2. The van der Waals surface area contributed by atoms with Crippen molar-refractivity contribution in [3.8, 4) is 0 Å². The first-order chi connectivity index (χ1) is 8.02. The summed E-state index contributed by atoms with van der Waals surface area (Å²) in [6.45, 7) is 0. The molecule has 7 heteroatoms. The number of fused-ring (bicyclic) bond motifs is 1. The van der Waals surface area contributed by atoms with Crippen LogP contribution in [0.5, 0.6) is 0 Å². The van der Waals surface area contributed by atoms with Crippen molar-refractivity contribution in [1.82, 2.24) is 10.6 Å². The third kappa shape index (κ3) is 2.09. The van der Waals surface area contributed by atoms with Crippen molar-refractivity contribution in [1.29, 1.82) is 0 Å². The van der Waals surface area contributed by atoms with Gasteiger partial charge in [0.1, 0.15) is 22.0 Å². The fourth-order valence-corrected chi connectivity index (χ4v) is 4.03. The summed E-state index contributed by atoms with van der Waals surface area (Å²) >= 11 is 1.68. The Morgan fingerprint density at radius 1 is 1.41 bits per heavy atom. The van der Waals surface area contributed by atoms with Gasteiger partial charge in [-0.3, -0.25) is 0 Å². The van der Waals surface area contributed by atoms with Crippen LogP contribution >= 0.6 is 11.8 Å². The van der Waals surface area contributed by atoms with Crippen LogP contribution in [0.1, 0.15) is 25.7 Å². The van der Waals surface area contributed by atoms with Gasteiger partial charge in [0, 0.05) is 28.3 Å². The molecule has 88 valence electrons. The first-order valence-corrected chi connectivity index (χ1v) is 6.80. The molecule has 2 aliphatic heterocycles. The number of carbonyl (C=O) groups excluding carboxylic acids is 2. The van der Waals surface area contributed by atoms with Crippen LogP contribution in [0.3, 0.4) is 0 Å². The Hall–Kier alpha value is -0.580. The minimum Gasteiger partial charge on any atom is -0.339 e. The summed E-state index contributed by atoms with van der Waals surface area (Å²) in [7, 11) is 12.4. The van der Waals surface area contributed by atoms with Gasteiger partial charge >= 0.3 is 6.03 Å². The van der Waals surface area contributed by atoms with Crippen molar-refractivity contribution in [2.45, 2.75) is 41.8 Å². The largest absolute Gasteiger partial charge is 0.339 e. The van der Waals surface area contributed by atoms with Crippen molar-refractivity contribution in [3.63, 3.8) is 0 Å². The summed E-state index contributed by atoms with van der Waals surface area (Å²) in [5, 5.41) is 5.52. The van der Waals surface area contributed by atoms with E-state index in [9.17, 15) is 9.59 Å². The highest BCUT2D eigenvalue weighted by Crippen LogP contribution is 2.44. The molecule has 2 aliphatic rings. The molecule has 0 saturated carbocycles. The maximum atomic E-state index is 11.4. The monoisotopic (exact) mass is 248 g/mol. The Morgan fingerprint density at radius 3 is 2.88 bits per heavy atom. The molecule has 2 N–H and O–H groups in total. The summed E-state index contributed by atoms with van der Waals surface area (Å²) in [6.07, 6.45) is 4.13. The van der Waals surface area contributed by atoms with Crippen LogP contribution in [0.2, 0.25) is 0 Å². The average Bonchev–Trinajstić information content (AvgIpc) is 2.61. The average molecular weight is 248 g/mol. The molecule has 0 aromatic heterocycles. The lowest BCUT2D eigenvalue weighted by Gasteiger charge is -2.37. The lowest BCUT2D eigenvalue weighted by atomic mass is 9.54. The fraction of sp³-hybridized carbons (Fsp3) is 0.800. The van der Waals surface area contributed by atoms with Gasteiger partial charge < -0.3 is 15.4 Å². The summed E-state index contributed by atoms with van der Waals surface area (Å²) < 4.78 is 0. The number of aldehydes is 1. The number of hydrogen-bond acceptors (Lipinski definition) is 3. The van der Waals surface area contributed by atoms with Crippen molar-refractivity contribution in [2.75, 3.05) is 5.75 Å². The number of carbonyl (C=O) groups is 2. The third-order valence-corrected chi connectivity index (χ3v) is 5.09. The van der Waals surface area contributed by atoms with Crippen molar-refractivity contribution in [2.24, 2.45) is 0 Å². The highest BCUT2D eigenvalue weighted by Gasteiger charge is 2.59. The number of thioether (sulfide) groups is 1. The van der Waals surface area contributed by atoms with Gasteiger partial charge in [-0.25, -0.2) is 4.79 Å². The molecule has 0 aliphatic carbocycles. The van der Waals surface area contributed by atoms with Gasteiger partial charge in [0.2, 0.25) is 0 Å². The number of urea groups is 1. The van der Waals surface area contributed by atoms with Crippen molar-refractivity contribution in [3.05, 3.63) is 0 Å². The zero-order chi connectivity index (χ0) is 12.5. The van der Waals surface area contributed by atoms with E-state index in [-0.39, 0.29) is 11.3 Å². The molecule has 4 radical (unpaired) electrons. The molecule has 17 heavy (non-hydrogen) atoms. The Morgan fingerprint density at radius 2 is 2.18 bits per heavy atom. The van der Waals surface area contributed by atoms with E-state index in [0.717, 1.165) is 25.5 Å². The summed E-state index contributed by atoms with van der Waals surface area (Å²) in [6, 6.07) is -0.298. The number of amides is 2. The highest BCUT2D eigenvalue weighted by molar-refractivity contribution is 8.00. The molecule has 4 nitrogen and oxygen atoms in total. The minimum absolute atomic E-state index is 0.0955. The number of nitrogens with one attached hydrogen (secondary N) is 2. The van der Waals surface area contributed by atoms with Gasteiger partial charge in [-0.2, -0.15) is 11.8 Å². The van der Waals surface area contributed by atoms with E-state index < -0.39 is 10.9 Å². The Kier molecular flexibility index (Phi) is 3.48. The lowest BCUT2D eigenvalue weighted by molar-refractivity contribution is -0.107. The summed E-state index contributed by atoms with van der Waals surface area (Å²) in [4.78, 5) is 21.6. The predicted octanol–water partition coefficient (Wildman–Crippen LogP) is -0.0965. The predicted molar refractivity (Wildman–Crippen MR) is 69.4 cm³/mol. The highest BCUT2D eigenvalue weighted by atomic mass is 32.2. The van der Waals surface area contributed by atoms with E-state index in [1.165, 1.54) is 0 Å². The molecule has 0 bridgehead atoms. The fourth-order valence-electron chi connectivity index (χ4n) is 2.39. The van der Waals surface area contributed by atoms with E-state index >= 15 is 0 Å². The van der Waals surface area contributed by atoms with Crippen LogP contribution in [-0.2, 0) is 4.79 Å². The zero-order valence-electron chi connectivity index (χ0n) is 9.57. The van der Waals surface area contributed by atoms with Gasteiger partial charge in [0.25, 0.3) is 0 Å². The lowest BCUT2D eigenvalue weighted by Crippen LogP contribution is -2.63. The van der Waals surface area contributed by atoms with E-state index in [0.29, 0.717) is 12.2 Å². The molecule has 0 spiro atoms. The molecule has 3 atom stereocenters. The van der Waals surface area contributed by atoms with Gasteiger partial charge in [-0.1, -0.05) is 6.42 Å². The molecule has 0 unspecified atom stereocenters. The summed E-state index contributed by atoms with van der Waals surface area (Å²) in [5.74, 6) is 0.612. The second-order valence-electron chi connectivity index (χ2n) is 4.67. The van der Waals surface area contributed by atoms with Crippen LogP contribution in [0.25, 0.3) is 0 Å². The van der Waals surface area contributed by atoms with Gasteiger partial charge in [-0.05, 0) is 12.8 Å². The molecular weight excluding hydrogens is 234 g/mol. The first kappa shape index (κ1) is 12.9. The second kappa shape index (κ2) is 4.59. The van der Waals surface area contributed by atoms with E-state index in [1.807, 2.05) is 0 Å². The molecule has 2 amide bonds. The smallest absolute Gasteiger partial charge is 0.314 e. The van der Waals surface area contributed by atoms with Gasteiger partial charge in [-0.15, -0.1) is 0 Å². The van der Waals surface area contributed by atoms with E-state index in [2.05, 4.69) is 10.6 Å². The van der Waals surface area contributed by atoms with Crippen molar-refractivity contribution >= 4 is 39.8 Å². The maximum Gasteiger partial charge on any atom is 0.314 e. The van der Waals surface area contributed by atoms with Gasteiger partial charge in [0.15, 0.2) is 0 Å². The van der Waals surface area contributed by atoms with Crippen LogP contribution < -0.4 is 10.6 Å². The third-order valence-electron chi connectivity index (χ3n) is 3.45. The molecule has 2 saturated heterocycles. The Bertz CT molecular complexity index is 344. The molecule has 0 aromatic rings. The van der Waals surface area contributed by atoms with Crippen molar-refractivity contribution < 1.29 is 9.59 Å². The first-order valence-electron chi connectivity index (χ1n) is 5.75. The Balaban J connectivity index is 1.96. The minimum atomic E-state index is -0.879. The molecular formula is C10H14B2N2O2S. The second-order valence-corrected chi connectivity index (χ2v) is 5.86. The number of unbranched alkanes of at least 4 members (excludes halogenated alkanes) is 2. The van der Waals surface area contributed by atoms with Crippen LogP contribution in [0.15, 0.2) is 0 Å². The van der Waals surface area contributed by atoms with Crippen LogP contribution in [0.4, 0.5) is 4.79 Å². The zero-order valence-corrected chi connectivity index (χ0v) is 10.4. The molecule has 2 fully saturated rings. The van der Waals surface area contributed by atoms with Gasteiger partial charge in [0.05, 0.1) is 0 Å². The quantitative estimate of drug-likeness (QED) is 0.309. The normalized spacial score (nSPS) is 39.5. The van der Waals surface area contributed by atoms with E-state index in [4.69, 9.17) is 15.7 Å². The van der Waals surface area contributed by atoms with E-state index in [1.54, 1.807) is 11.8 Å². The molecule has 2 rings (SSSR count). The van der Waals surface area contributed by atoms with Crippen LogP contribution in [-0.4, -0.2) is 49.9 Å². The molecule has 2 heterocycles. The number of hydrogen-bond donors (Lipinski definition) is 2. The maximum absolute atomic E-state index is 11.4. The topological polar surface area (TPSA) is 58.2 Å². The summed E-state index contributed by atoms with van der Waals surface area (Å²) in [5.41, 5.74) is -1.74. The number of rotatable bonds is 5. The standard InChI is InChI=1S/C10H14B2N2O2S/c11-9-6-17-7(4-2-1-3-5-15)10(9,12)14-8(16)13-9/h5,7H,1-4,6H2,(H2,13,14,16)/t7-,9-,10+/m1/s1. The van der Waals surface area contributed by atoms with Crippen LogP contribution in [0, 0.1) is 0 Å². The Labute approximate surface area is 108 Å².